The Balaban J connectivity index is 2.26. The van der Waals surface area contributed by atoms with E-state index in [0.717, 1.165) is 19.3 Å². The summed E-state index contributed by atoms with van der Waals surface area (Å²) in [5.41, 5.74) is -0.703. The van der Waals surface area contributed by atoms with Crippen LogP contribution in [0.3, 0.4) is 0 Å². The van der Waals surface area contributed by atoms with Crippen LogP contribution >= 0.6 is 11.6 Å². The number of aliphatic hydroxyl groups excluding tert-OH is 1. The summed E-state index contributed by atoms with van der Waals surface area (Å²) < 4.78 is 14.0. The number of nitriles is 1. The summed E-state index contributed by atoms with van der Waals surface area (Å²) in [6.07, 6.45) is 3.05. The van der Waals surface area contributed by atoms with Crippen molar-refractivity contribution >= 4 is 11.6 Å². The standard InChI is InChI=1S/C16H19ClFNO/c1-2-11-5-7-16(10-19,8-6-11)15(20)13-4-3-12(17)9-14(13)18/h3-4,9,11,15,20H,2,5-8H2,1H3. The predicted molar refractivity (Wildman–Crippen MR) is 76.7 cm³/mol. The van der Waals surface area contributed by atoms with Gasteiger partial charge < -0.3 is 5.11 Å². The predicted octanol–water partition coefficient (Wildman–Crippen LogP) is 4.62. The molecule has 1 N–H and O–H groups in total. The van der Waals surface area contributed by atoms with Gasteiger partial charge in [-0.05, 0) is 43.7 Å². The Hall–Kier alpha value is -1.11. The zero-order valence-corrected chi connectivity index (χ0v) is 12.3. The van der Waals surface area contributed by atoms with Crippen molar-refractivity contribution in [2.75, 3.05) is 0 Å². The lowest BCUT2D eigenvalue weighted by molar-refractivity contribution is 0.0219. The van der Waals surface area contributed by atoms with E-state index in [1.807, 2.05) is 0 Å². The van der Waals surface area contributed by atoms with Crippen molar-refractivity contribution in [3.05, 3.63) is 34.6 Å². The van der Waals surface area contributed by atoms with Gasteiger partial charge in [0.25, 0.3) is 0 Å². The fourth-order valence-corrected chi connectivity index (χ4v) is 3.23. The molecule has 0 bridgehead atoms. The maximum absolute atomic E-state index is 14.0. The molecule has 1 aromatic carbocycles. The molecule has 108 valence electrons. The minimum atomic E-state index is -1.09. The van der Waals surface area contributed by atoms with E-state index in [2.05, 4.69) is 13.0 Å². The van der Waals surface area contributed by atoms with Crippen LogP contribution in [0.25, 0.3) is 0 Å². The molecule has 0 aromatic heterocycles. The number of hydrogen-bond donors (Lipinski definition) is 1. The second-order valence-corrected chi connectivity index (χ2v) is 6.12. The molecule has 2 rings (SSSR count). The highest BCUT2D eigenvalue weighted by molar-refractivity contribution is 6.30. The van der Waals surface area contributed by atoms with Crippen molar-refractivity contribution in [3.8, 4) is 6.07 Å². The second kappa shape index (κ2) is 6.11. The molecule has 0 amide bonds. The molecule has 1 saturated carbocycles. The molecule has 2 nitrogen and oxygen atoms in total. The van der Waals surface area contributed by atoms with Gasteiger partial charge in [0.2, 0.25) is 0 Å². The summed E-state index contributed by atoms with van der Waals surface area (Å²) in [6.45, 7) is 2.14. The molecule has 20 heavy (non-hydrogen) atoms. The molecule has 1 aliphatic rings. The minimum Gasteiger partial charge on any atom is -0.387 e. The monoisotopic (exact) mass is 295 g/mol. The van der Waals surface area contributed by atoms with Crippen molar-refractivity contribution in [2.45, 2.75) is 45.1 Å². The number of hydrogen-bond acceptors (Lipinski definition) is 2. The van der Waals surface area contributed by atoms with Crippen molar-refractivity contribution < 1.29 is 9.50 Å². The zero-order valence-electron chi connectivity index (χ0n) is 11.6. The first kappa shape index (κ1) is 15.3. The average Bonchev–Trinajstić information content (AvgIpc) is 2.46. The lowest BCUT2D eigenvalue weighted by Gasteiger charge is -2.38. The van der Waals surface area contributed by atoms with E-state index in [0.29, 0.717) is 23.8 Å². The van der Waals surface area contributed by atoms with Gasteiger partial charge in [-0.25, -0.2) is 4.39 Å². The van der Waals surface area contributed by atoms with E-state index in [1.54, 1.807) is 6.07 Å². The van der Waals surface area contributed by atoms with E-state index in [1.165, 1.54) is 12.1 Å². The van der Waals surface area contributed by atoms with Crippen molar-refractivity contribution in [1.82, 2.24) is 0 Å². The van der Waals surface area contributed by atoms with E-state index in [9.17, 15) is 14.8 Å². The van der Waals surface area contributed by atoms with E-state index in [-0.39, 0.29) is 5.56 Å². The fraction of sp³-hybridized carbons (Fsp3) is 0.562. The molecule has 1 fully saturated rings. The lowest BCUT2D eigenvalue weighted by atomic mass is 9.66. The van der Waals surface area contributed by atoms with Gasteiger partial charge in [-0.15, -0.1) is 0 Å². The third-order valence-electron chi connectivity index (χ3n) is 4.58. The summed E-state index contributed by atoms with van der Waals surface area (Å²) in [4.78, 5) is 0. The number of halogens is 2. The summed E-state index contributed by atoms with van der Waals surface area (Å²) in [7, 11) is 0. The number of rotatable bonds is 3. The van der Waals surface area contributed by atoms with Gasteiger partial charge in [0.1, 0.15) is 11.9 Å². The molecular weight excluding hydrogens is 277 g/mol. The maximum atomic E-state index is 14.0. The Morgan fingerprint density at radius 1 is 1.50 bits per heavy atom. The van der Waals surface area contributed by atoms with Gasteiger partial charge in [0.05, 0.1) is 11.5 Å². The number of benzene rings is 1. The van der Waals surface area contributed by atoms with Gasteiger partial charge in [0, 0.05) is 10.6 Å². The largest absolute Gasteiger partial charge is 0.387 e. The quantitative estimate of drug-likeness (QED) is 0.884. The number of aliphatic hydroxyl groups is 1. The van der Waals surface area contributed by atoms with Crippen LogP contribution in [0.1, 0.15) is 50.7 Å². The summed E-state index contributed by atoms with van der Waals surface area (Å²) in [6, 6.07) is 6.46. The third kappa shape index (κ3) is 2.82. The van der Waals surface area contributed by atoms with Crippen LogP contribution in [-0.2, 0) is 0 Å². The van der Waals surface area contributed by atoms with Crippen LogP contribution in [0, 0.1) is 28.5 Å². The molecule has 0 spiro atoms. The maximum Gasteiger partial charge on any atom is 0.130 e. The van der Waals surface area contributed by atoms with Gasteiger partial charge in [-0.2, -0.15) is 5.26 Å². The smallest absolute Gasteiger partial charge is 0.130 e. The Bertz CT molecular complexity index is 518. The first-order valence-corrected chi connectivity index (χ1v) is 7.44. The normalized spacial score (nSPS) is 27.9. The van der Waals surface area contributed by atoms with Gasteiger partial charge in [-0.3, -0.25) is 0 Å². The lowest BCUT2D eigenvalue weighted by Crippen LogP contribution is -2.33. The molecule has 1 aliphatic carbocycles. The SMILES string of the molecule is CCC1CCC(C#N)(C(O)c2ccc(Cl)cc2F)CC1. The highest BCUT2D eigenvalue weighted by atomic mass is 35.5. The van der Waals surface area contributed by atoms with E-state index in [4.69, 9.17) is 11.6 Å². The van der Waals surface area contributed by atoms with Crippen LogP contribution < -0.4 is 0 Å². The Morgan fingerprint density at radius 3 is 2.65 bits per heavy atom. The Labute approximate surface area is 124 Å². The fourth-order valence-electron chi connectivity index (χ4n) is 3.07. The highest BCUT2D eigenvalue weighted by Gasteiger charge is 2.43. The molecule has 1 unspecified atom stereocenters. The Kier molecular flexibility index (Phi) is 4.67. The molecule has 1 atom stereocenters. The van der Waals surface area contributed by atoms with Crippen LogP contribution in [0.5, 0.6) is 0 Å². The number of nitrogens with zero attached hydrogens (tertiary/aromatic N) is 1. The summed E-state index contributed by atoms with van der Waals surface area (Å²) >= 11 is 5.73. The van der Waals surface area contributed by atoms with Crippen LogP contribution in [0.15, 0.2) is 18.2 Å². The molecule has 0 saturated heterocycles. The van der Waals surface area contributed by atoms with Crippen molar-refractivity contribution in [3.63, 3.8) is 0 Å². The van der Waals surface area contributed by atoms with Crippen molar-refractivity contribution in [2.24, 2.45) is 11.3 Å². The summed E-state index contributed by atoms with van der Waals surface area (Å²) in [5.74, 6) is 0.0657. The molecule has 0 aliphatic heterocycles. The van der Waals surface area contributed by atoms with Crippen LogP contribution in [-0.4, -0.2) is 5.11 Å². The molecule has 0 heterocycles. The minimum absolute atomic E-state index is 0.172. The van der Waals surface area contributed by atoms with E-state index < -0.39 is 17.3 Å². The van der Waals surface area contributed by atoms with Crippen LogP contribution in [0.4, 0.5) is 4.39 Å². The molecule has 0 radical (unpaired) electrons. The van der Waals surface area contributed by atoms with Crippen molar-refractivity contribution in [1.29, 1.82) is 5.26 Å². The highest BCUT2D eigenvalue weighted by Crippen LogP contribution is 2.48. The second-order valence-electron chi connectivity index (χ2n) is 5.69. The molecule has 1 aromatic rings. The topological polar surface area (TPSA) is 44.0 Å². The van der Waals surface area contributed by atoms with Gasteiger partial charge in [-0.1, -0.05) is 31.0 Å². The first-order chi connectivity index (χ1) is 9.52. The Morgan fingerprint density at radius 2 is 2.15 bits per heavy atom. The third-order valence-corrected chi connectivity index (χ3v) is 4.81. The summed E-state index contributed by atoms with van der Waals surface area (Å²) in [5, 5.41) is 20.3. The first-order valence-electron chi connectivity index (χ1n) is 7.06. The molecule has 4 heteroatoms. The van der Waals surface area contributed by atoms with Crippen LogP contribution in [0.2, 0.25) is 5.02 Å². The van der Waals surface area contributed by atoms with Gasteiger partial charge in [0.15, 0.2) is 0 Å². The zero-order chi connectivity index (χ0) is 14.8. The van der Waals surface area contributed by atoms with Gasteiger partial charge >= 0.3 is 0 Å². The molecular formula is C16H19ClFNO. The average molecular weight is 296 g/mol. The van der Waals surface area contributed by atoms with E-state index >= 15 is 0 Å².